The van der Waals surface area contributed by atoms with Crippen LogP contribution in [0.2, 0.25) is 5.02 Å². The van der Waals surface area contributed by atoms with Gasteiger partial charge in [0.25, 0.3) is 0 Å². The highest BCUT2D eigenvalue weighted by molar-refractivity contribution is 6.31. The summed E-state index contributed by atoms with van der Waals surface area (Å²) in [5.74, 6) is -0.115. The molecule has 3 aromatic carbocycles. The summed E-state index contributed by atoms with van der Waals surface area (Å²) in [4.78, 5) is 25.5. The maximum atomic E-state index is 14.8. The summed E-state index contributed by atoms with van der Waals surface area (Å²) in [6, 6.07) is 17.5. The van der Waals surface area contributed by atoms with Crippen LogP contribution < -0.4 is 10.1 Å². The van der Waals surface area contributed by atoms with Gasteiger partial charge in [-0.05, 0) is 69.0 Å². The van der Waals surface area contributed by atoms with Crippen molar-refractivity contribution in [2.24, 2.45) is 0 Å². The molecule has 1 aliphatic rings. The summed E-state index contributed by atoms with van der Waals surface area (Å²) in [5, 5.41) is 2.79. The third-order valence-electron chi connectivity index (χ3n) is 6.16. The first-order chi connectivity index (χ1) is 17.5. The zero-order chi connectivity index (χ0) is 26.8. The maximum Gasteiger partial charge on any atom is 0.408 e. The number of esters is 1. The highest BCUT2D eigenvalue weighted by atomic mass is 35.5. The molecule has 0 saturated heterocycles. The van der Waals surface area contributed by atoms with Crippen molar-refractivity contribution in [3.8, 4) is 22.6 Å². The Morgan fingerprint density at radius 1 is 1.00 bits per heavy atom. The Morgan fingerprint density at radius 2 is 1.73 bits per heavy atom. The van der Waals surface area contributed by atoms with Crippen LogP contribution in [0, 0.1) is 5.82 Å². The summed E-state index contributed by atoms with van der Waals surface area (Å²) in [7, 11) is 1.29. The van der Waals surface area contributed by atoms with Crippen molar-refractivity contribution in [3.63, 3.8) is 0 Å². The van der Waals surface area contributed by atoms with Crippen LogP contribution in [0.1, 0.15) is 38.3 Å². The largest absolute Gasteiger partial charge is 0.467 e. The number of alkyl carbamates (subject to hydrolysis) is 1. The van der Waals surface area contributed by atoms with Gasteiger partial charge in [-0.2, -0.15) is 0 Å². The van der Waals surface area contributed by atoms with Crippen molar-refractivity contribution in [1.29, 1.82) is 0 Å². The second-order valence-corrected chi connectivity index (χ2v) is 10.4. The Labute approximate surface area is 220 Å². The fourth-order valence-electron chi connectivity index (χ4n) is 4.48. The van der Waals surface area contributed by atoms with E-state index in [2.05, 4.69) is 5.32 Å². The Bertz CT molecular complexity index is 1340. The monoisotopic (exact) mass is 525 g/mol. The molecule has 0 fully saturated rings. The van der Waals surface area contributed by atoms with E-state index in [0.29, 0.717) is 35.5 Å². The number of fused-ring (bicyclic) bond motifs is 1. The van der Waals surface area contributed by atoms with Gasteiger partial charge in [0, 0.05) is 17.5 Å². The summed E-state index contributed by atoms with van der Waals surface area (Å²) < 4.78 is 31.4. The number of hydrogen-bond acceptors (Lipinski definition) is 5. The van der Waals surface area contributed by atoms with Gasteiger partial charge in [0.2, 0.25) is 0 Å². The number of carbonyl (C=O) groups is 2. The second kappa shape index (κ2) is 10.4. The summed E-state index contributed by atoms with van der Waals surface area (Å²) >= 11 is 6.00. The van der Waals surface area contributed by atoms with E-state index in [-0.39, 0.29) is 11.4 Å². The first-order valence-corrected chi connectivity index (χ1v) is 12.3. The van der Waals surface area contributed by atoms with Crippen molar-refractivity contribution >= 4 is 23.7 Å². The standard InChI is InChI=1S/C29H29ClFNO5/c1-28(2,3)37-27(34)32-29(26(33)35-4)15-14-18-12-13-20(16-19(18)17-29)36-24-11-6-5-8-21(24)22-9-7-10-23(30)25(22)31/h5-13,16H,14-15,17H2,1-4H3,(H,32,34). The van der Waals surface area contributed by atoms with Gasteiger partial charge in [0.1, 0.15) is 28.5 Å². The average molecular weight is 526 g/mol. The van der Waals surface area contributed by atoms with Crippen molar-refractivity contribution in [1.82, 2.24) is 5.32 Å². The number of carbonyl (C=O) groups excluding carboxylic acids is 2. The van der Waals surface area contributed by atoms with E-state index in [1.54, 1.807) is 57.2 Å². The smallest absolute Gasteiger partial charge is 0.408 e. The topological polar surface area (TPSA) is 73.9 Å². The maximum absolute atomic E-state index is 14.8. The fourth-order valence-corrected chi connectivity index (χ4v) is 4.65. The minimum Gasteiger partial charge on any atom is -0.467 e. The molecule has 0 aromatic heterocycles. The minimum absolute atomic E-state index is 0.0257. The normalized spacial score (nSPS) is 16.9. The van der Waals surface area contributed by atoms with E-state index in [1.165, 1.54) is 13.2 Å². The number of aryl methyl sites for hydroxylation is 1. The third kappa shape index (κ3) is 5.88. The first-order valence-electron chi connectivity index (χ1n) is 11.9. The van der Waals surface area contributed by atoms with Crippen LogP contribution in [0.4, 0.5) is 9.18 Å². The quantitative estimate of drug-likeness (QED) is 0.368. The van der Waals surface area contributed by atoms with Crippen molar-refractivity contribution in [3.05, 3.63) is 82.6 Å². The van der Waals surface area contributed by atoms with Gasteiger partial charge >= 0.3 is 12.1 Å². The number of rotatable bonds is 5. The van der Waals surface area contributed by atoms with Crippen LogP contribution in [0.15, 0.2) is 60.7 Å². The molecule has 0 radical (unpaired) electrons. The molecular formula is C29H29ClFNO5. The zero-order valence-corrected chi connectivity index (χ0v) is 21.9. The van der Waals surface area contributed by atoms with Crippen LogP contribution >= 0.6 is 11.6 Å². The van der Waals surface area contributed by atoms with Gasteiger partial charge in [-0.3, -0.25) is 0 Å². The van der Waals surface area contributed by atoms with E-state index < -0.39 is 29.0 Å². The molecule has 0 bridgehead atoms. The summed E-state index contributed by atoms with van der Waals surface area (Å²) in [5.41, 5.74) is 0.752. The molecule has 37 heavy (non-hydrogen) atoms. The van der Waals surface area contributed by atoms with Crippen molar-refractivity contribution in [2.45, 2.75) is 51.2 Å². The molecule has 1 amide bonds. The minimum atomic E-state index is -1.27. The van der Waals surface area contributed by atoms with Crippen LogP contribution in [-0.2, 0) is 27.1 Å². The molecule has 6 nitrogen and oxygen atoms in total. The summed E-state index contributed by atoms with van der Waals surface area (Å²) in [6.07, 6.45) is 0.426. The molecule has 4 rings (SSSR count). The predicted octanol–water partition coefficient (Wildman–Crippen LogP) is 6.86. The Kier molecular flexibility index (Phi) is 7.46. The fraction of sp³-hybridized carbons (Fsp3) is 0.310. The van der Waals surface area contributed by atoms with E-state index in [1.807, 2.05) is 18.2 Å². The lowest BCUT2D eigenvalue weighted by molar-refractivity contribution is -0.149. The second-order valence-electron chi connectivity index (χ2n) is 10.0. The SMILES string of the molecule is COC(=O)C1(NC(=O)OC(C)(C)C)CCc2ccc(Oc3ccccc3-c3cccc(Cl)c3F)cc2C1. The molecular weight excluding hydrogens is 497 g/mol. The lowest BCUT2D eigenvalue weighted by Gasteiger charge is -2.36. The molecule has 8 heteroatoms. The Hall–Kier alpha value is -3.58. The Morgan fingerprint density at radius 3 is 2.46 bits per heavy atom. The van der Waals surface area contributed by atoms with Crippen LogP contribution in [0.3, 0.4) is 0 Å². The van der Waals surface area contributed by atoms with Gasteiger partial charge in [0.05, 0.1) is 12.1 Å². The molecule has 0 saturated carbocycles. The number of hydrogen-bond donors (Lipinski definition) is 1. The molecule has 1 atom stereocenters. The molecule has 1 N–H and O–H groups in total. The molecule has 1 unspecified atom stereocenters. The lowest BCUT2D eigenvalue weighted by Crippen LogP contribution is -2.59. The molecule has 3 aromatic rings. The van der Waals surface area contributed by atoms with Gasteiger partial charge in [0.15, 0.2) is 0 Å². The number of nitrogens with one attached hydrogen (secondary N) is 1. The number of methoxy groups -OCH3 is 1. The number of benzene rings is 3. The van der Waals surface area contributed by atoms with E-state index >= 15 is 0 Å². The third-order valence-corrected chi connectivity index (χ3v) is 6.46. The zero-order valence-electron chi connectivity index (χ0n) is 21.2. The van der Waals surface area contributed by atoms with Crippen LogP contribution in [-0.4, -0.2) is 30.3 Å². The highest BCUT2D eigenvalue weighted by Crippen LogP contribution is 2.38. The Balaban J connectivity index is 1.64. The van der Waals surface area contributed by atoms with E-state index in [4.69, 9.17) is 25.8 Å². The molecule has 0 spiro atoms. The van der Waals surface area contributed by atoms with E-state index in [9.17, 15) is 14.0 Å². The van der Waals surface area contributed by atoms with Gasteiger partial charge < -0.3 is 19.5 Å². The van der Waals surface area contributed by atoms with Gasteiger partial charge in [-0.15, -0.1) is 0 Å². The number of ether oxygens (including phenoxy) is 3. The molecule has 194 valence electrons. The van der Waals surface area contributed by atoms with Crippen molar-refractivity contribution < 1.29 is 28.2 Å². The number of para-hydroxylation sites is 1. The lowest BCUT2D eigenvalue weighted by atomic mass is 9.78. The molecule has 1 aliphatic carbocycles. The van der Waals surface area contributed by atoms with Crippen LogP contribution in [0.25, 0.3) is 11.1 Å². The number of halogens is 2. The predicted molar refractivity (Wildman–Crippen MR) is 140 cm³/mol. The van der Waals surface area contributed by atoms with Crippen LogP contribution in [0.5, 0.6) is 11.5 Å². The van der Waals surface area contributed by atoms with E-state index in [0.717, 1.165) is 11.1 Å². The first kappa shape index (κ1) is 26.5. The number of amides is 1. The molecule has 0 aliphatic heterocycles. The summed E-state index contributed by atoms with van der Waals surface area (Å²) in [6.45, 7) is 5.26. The van der Waals surface area contributed by atoms with Gasteiger partial charge in [-0.25, -0.2) is 14.0 Å². The van der Waals surface area contributed by atoms with Crippen molar-refractivity contribution in [2.75, 3.05) is 7.11 Å². The molecule has 0 heterocycles. The average Bonchev–Trinajstić information content (AvgIpc) is 2.84. The highest BCUT2D eigenvalue weighted by Gasteiger charge is 2.45. The van der Waals surface area contributed by atoms with Gasteiger partial charge in [-0.1, -0.05) is 48.0 Å².